The summed E-state index contributed by atoms with van der Waals surface area (Å²) in [6, 6.07) is 9.46. The molecule has 0 unspecified atom stereocenters. The SMILES string of the molecule is CCN1CCN(Cc2ccc(CN=C(N)N(C)C3CC3)cc2)CC1. The summed E-state index contributed by atoms with van der Waals surface area (Å²) in [5.74, 6) is 0.662. The smallest absolute Gasteiger partial charge is 0.191 e. The van der Waals surface area contributed by atoms with Gasteiger partial charge in [0.2, 0.25) is 0 Å². The first-order chi connectivity index (χ1) is 11.7. The highest BCUT2D eigenvalue weighted by atomic mass is 15.3. The van der Waals surface area contributed by atoms with Crippen LogP contribution >= 0.6 is 0 Å². The van der Waals surface area contributed by atoms with E-state index in [9.17, 15) is 0 Å². The number of likely N-dealkylation sites (N-methyl/N-ethyl adjacent to an activating group) is 1. The first kappa shape index (κ1) is 17.2. The van der Waals surface area contributed by atoms with Gasteiger partial charge in [0.25, 0.3) is 0 Å². The number of hydrogen-bond donors (Lipinski definition) is 1. The second kappa shape index (κ2) is 7.99. The Hall–Kier alpha value is -1.59. The molecule has 1 heterocycles. The summed E-state index contributed by atoms with van der Waals surface area (Å²) in [7, 11) is 2.04. The van der Waals surface area contributed by atoms with Crippen LogP contribution in [0, 0.1) is 0 Å². The molecule has 0 spiro atoms. The third kappa shape index (κ3) is 4.71. The average Bonchev–Trinajstić information content (AvgIpc) is 3.46. The van der Waals surface area contributed by atoms with Crippen molar-refractivity contribution in [1.82, 2.24) is 14.7 Å². The molecule has 3 rings (SSSR count). The largest absolute Gasteiger partial charge is 0.370 e. The Morgan fingerprint density at radius 3 is 2.25 bits per heavy atom. The molecule has 0 atom stereocenters. The highest BCUT2D eigenvalue weighted by Gasteiger charge is 2.27. The zero-order chi connectivity index (χ0) is 16.9. The first-order valence-electron chi connectivity index (χ1n) is 9.21. The molecular formula is C19H31N5. The van der Waals surface area contributed by atoms with Gasteiger partial charge in [-0.05, 0) is 30.5 Å². The van der Waals surface area contributed by atoms with Crippen LogP contribution in [-0.4, -0.2) is 66.5 Å². The Kier molecular flexibility index (Phi) is 5.74. The van der Waals surface area contributed by atoms with Gasteiger partial charge in [-0.25, -0.2) is 4.99 Å². The highest BCUT2D eigenvalue weighted by molar-refractivity contribution is 5.78. The molecule has 1 aliphatic heterocycles. The Bertz CT molecular complexity index is 541. The quantitative estimate of drug-likeness (QED) is 0.638. The summed E-state index contributed by atoms with van der Waals surface area (Å²) in [5.41, 5.74) is 8.66. The Morgan fingerprint density at radius 2 is 1.67 bits per heavy atom. The van der Waals surface area contributed by atoms with Crippen LogP contribution in [0.2, 0.25) is 0 Å². The molecule has 2 fully saturated rings. The van der Waals surface area contributed by atoms with E-state index >= 15 is 0 Å². The summed E-state index contributed by atoms with van der Waals surface area (Å²) >= 11 is 0. The lowest BCUT2D eigenvalue weighted by atomic mass is 10.1. The van der Waals surface area contributed by atoms with Crippen molar-refractivity contribution < 1.29 is 0 Å². The molecule has 132 valence electrons. The summed E-state index contributed by atoms with van der Waals surface area (Å²) in [6.07, 6.45) is 2.49. The fourth-order valence-electron chi connectivity index (χ4n) is 3.20. The van der Waals surface area contributed by atoms with Crippen LogP contribution in [0.15, 0.2) is 29.3 Å². The summed E-state index contributed by atoms with van der Waals surface area (Å²) in [5, 5.41) is 0. The monoisotopic (exact) mass is 329 g/mol. The van der Waals surface area contributed by atoms with Gasteiger partial charge >= 0.3 is 0 Å². The van der Waals surface area contributed by atoms with Crippen molar-refractivity contribution in [3.63, 3.8) is 0 Å². The first-order valence-corrected chi connectivity index (χ1v) is 9.21. The predicted molar refractivity (Wildman–Crippen MR) is 99.9 cm³/mol. The second-order valence-corrected chi connectivity index (χ2v) is 7.04. The number of guanidine groups is 1. The van der Waals surface area contributed by atoms with Gasteiger partial charge in [0.15, 0.2) is 5.96 Å². The molecule has 5 nitrogen and oxygen atoms in total. The fourth-order valence-corrected chi connectivity index (χ4v) is 3.20. The minimum atomic E-state index is 0.615. The van der Waals surface area contributed by atoms with Crippen molar-refractivity contribution in [3.05, 3.63) is 35.4 Å². The van der Waals surface area contributed by atoms with Crippen LogP contribution < -0.4 is 5.73 Å². The predicted octanol–water partition coefficient (Wildman–Crippen LogP) is 1.73. The Balaban J connectivity index is 1.47. The number of piperazine rings is 1. The third-order valence-electron chi connectivity index (χ3n) is 5.22. The van der Waals surface area contributed by atoms with E-state index in [0.29, 0.717) is 18.5 Å². The van der Waals surface area contributed by atoms with Gasteiger partial charge in [0, 0.05) is 45.8 Å². The third-order valence-corrected chi connectivity index (χ3v) is 5.22. The van der Waals surface area contributed by atoms with Gasteiger partial charge in [-0.1, -0.05) is 31.2 Å². The molecule has 2 N–H and O–H groups in total. The maximum Gasteiger partial charge on any atom is 0.191 e. The molecule has 0 bridgehead atoms. The Morgan fingerprint density at radius 1 is 1.08 bits per heavy atom. The highest BCUT2D eigenvalue weighted by Crippen LogP contribution is 2.24. The van der Waals surface area contributed by atoms with E-state index in [4.69, 9.17) is 5.73 Å². The van der Waals surface area contributed by atoms with Crippen LogP contribution in [0.25, 0.3) is 0 Å². The topological polar surface area (TPSA) is 48.1 Å². The van der Waals surface area contributed by atoms with Gasteiger partial charge in [-0.2, -0.15) is 0 Å². The van der Waals surface area contributed by atoms with Crippen molar-refractivity contribution in [1.29, 1.82) is 0 Å². The maximum atomic E-state index is 6.05. The van der Waals surface area contributed by atoms with Crippen molar-refractivity contribution in [2.75, 3.05) is 39.8 Å². The average molecular weight is 329 g/mol. The molecule has 2 aliphatic rings. The maximum absolute atomic E-state index is 6.05. The molecular weight excluding hydrogens is 298 g/mol. The van der Waals surface area contributed by atoms with E-state index in [-0.39, 0.29) is 0 Å². The minimum absolute atomic E-state index is 0.615. The van der Waals surface area contributed by atoms with Crippen LogP contribution in [0.1, 0.15) is 30.9 Å². The summed E-state index contributed by atoms with van der Waals surface area (Å²) < 4.78 is 0. The van der Waals surface area contributed by atoms with E-state index in [1.165, 1.54) is 56.7 Å². The molecule has 1 aromatic carbocycles. The van der Waals surface area contributed by atoms with E-state index in [1.54, 1.807) is 0 Å². The lowest BCUT2D eigenvalue weighted by Gasteiger charge is -2.34. The molecule has 0 amide bonds. The number of rotatable bonds is 6. The molecule has 1 saturated carbocycles. The van der Waals surface area contributed by atoms with E-state index < -0.39 is 0 Å². The van der Waals surface area contributed by atoms with Crippen LogP contribution in [0.5, 0.6) is 0 Å². The van der Waals surface area contributed by atoms with Gasteiger partial charge in [-0.3, -0.25) is 4.90 Å². The fraction of sp³-hybridized carbons (Fsp3) is 0.632. The number of nitrogens with zero attached hydrogens (tertiary/aromatic N) is 4. The zero-order valence-electron chi connectivity index (χ0n) is 15.1. The summed E-state index contributed by atoms with van der Waals surface area (Å²) in [6.45, 7) is 9.85. The zero-order valence-corrected chi connectivity index (χ0v) is 15.1. The molecule has 0 radical (unpaired) electrons. The molecule has 1 aromatic rings. The van der Waals surface area contributed by atoms with Crippen molar-refractivity contribution >= 4 is 5.96 Å². The van der Waals surface area contributed by atoms with Crippen LogP contribution in [-0.2, 0) is 13.1 Å². The van der Waals surface area contributed by atoms with Crippen molar-refractivity contribution in [2.24, 2.45) is 10.7 Å². The lowest BCUT2D eigenvalue weighted by Crippen LogP contribution is -2.45. The number of benzene rings is 1. The van der Waals surface area contributed by atoms with Gasteiger partial charge < -0.3 is 15.5 Å². The Labute approximate surface area is 146 Å². The van der Waals surface area contributed by atoms with E-state index in [2.05, 4.69) is 50.9 Å². The van der Waals surface area contributed by atoms with Gasteiger partial charge in [0.1, 0.15) is 0 Å². The number of nitrogens with two attached hydrogens (primary N) is 1. The van der Waals surface area contributed by atoms with Crippen LogP contribution in [0.4, 0.5) is 0 Å². The number of aliphatic imine (C=N–C) groups is 1. The molecule has 1 aliphatic carbocycles. The van der Waals surface area contributed by atoms with E-state index in [0.717, 1.165) is 6.54 Å². The number of hydrogen-bond acceptors (Lipinski definition) is 3. The van der Waals surface area contributed by atoms with Gasteiger partial charge in [0.05, 0.1) is 6.54 Å². The lowest BCUT2D eigenvalue weighted by molar-refractivity contribution is 0.132. The molecule has 5 heteroatoms. The standard InChI is InChI=1S/C19H31N5/c1-3-23-10-12-24(13-11-23)15-17-6-4-16(5-7-17)14-21-19(20)22(2)18-8-9-18/h4-7,18H,3,8-15H2,1-2H3,(H2,20,21). The minimum Gasteiger partial charge on any atom is -0.370 e. The molecule has 1 saturated heterocycles. The normalized spacial score (nSPS) is 20.3. The van der Waals surface area contributed by atoms with E-state index in [1.807, 2.05) is 7.05 Å². The van der Waals surface area contributed by atoms with Gasteiger partial charge in [-0.15, -0.1) is 0 Å². The van der Waals surface area contributed by atoms with Crippen molar-refractivity contribution in [2.45, 2.75) is 38.9 Å². The summed E-state index contributed by atoms with van der Waals surface area (Å²) in [4.78, 5) is 11.7. The molecule has 0 aromatic heterocycles. The van der Waals surface area contributed by atoms with Crippen molar-refractivity contribution in [3.8, 4) is 0 Å². The van der Waals surface area contributed by atoms with Crippen LogP contribution in [0.3, 0.4) is 0 Å². The second-order valence-electron chi connectivity index (χ2n) is 7.04. The molecule has 24 heavy (non-hydrogen) atoms.